The Kier molecular flexibility index (Phi) is 5.48. The van der Waals surface area contributed by atoms with Crippen LogP contribution in [0.15, 0.2) is 30.3 Å². The van der Waals surface area contributed by atoms with Gasteiger partial charge < -0.3 is 5.73 Å². The molecule has 3 N–H and O–H groups in total. The normalized spacial score (nSPS) is 11.9. The summed E-state index contributed by atoms with van der Waals surface area (Å²) in [5, 5.41) is 13.7. The van der Waals surface area contributed by atoms with Crippen LogP contribution in [0.4, 0.5) is 5.95 Å². The van der Waals surface area contributed by atoms with Crippen LogP contribution in [0, 0.1) is 5.92 Å². The second-order valence-corrected chi connectivity index (χ2v) is 5.03. The molecule has 2 aromatic rings. The maximum Gasteiger partial charge on any atom is 0.270 e. The highest BCUT2D eigenvalue weighted by atomic mass is 32.1. The Morgan fingerprint density at radius 3 is 2.68 bits per heavy atom. The first-order valence-corrected chi connectivity index (χ1v) is 7.23. The molecule has 1 unspecified atom stereocenters. The molecule has 8 nitrogen and oxygen atoms in total. The molecular formula is C13H16N6O2S. The zero-order valence-corrected chi connectivity index (χ0v) is 12.6. The highest BCUT2D eigenvalue weighted by molar-refractivity contribution is 7.80. The van der Waals surface area contributed by atoms with Crippen molar-refractivity contribution in [2.75, 3.05) is 11.1 Å². The lowest BCUT2D eigenvalue weighted by Crippen LogP contribution is -2.26. The minimum absolute atomic E-state index is 0.0334. The van der Waals surface area contributed by atoms with Crippen molar-refractivity contribution in [3.05, 3.63) is 35.9 Å². The van der Waals surface area contributed by atoms with E-state index in [1.54, 1.807) is 0 Å². The van der Waals surface area contributed by atoms with Crippen molar-refractivity contribution in [3.63, 3.8) is 0 Å². The molecule has 0 bridgehead atoms. The average Bonchev–Trinajstić information content (AvgIpc) is 2.92. The number of primary amides is 1. The fraction of sp³-hybridized carbons (Fsp3) is 0.308. The van der Waals surface area contributed by atoms with E-state index in [1.807, 2.05) is 30.3 Å². The molecule has 0 saturated carbocycles. The number of thiol groups is 1. The molecule has 1 atom stereocenters. The molecular weight excluding hydrogens is 304 g/mol. The molecule has 2 amide bonds. The van der Waals surface area contributed by atoms with E-state index in [2.05, 4.69) is 33.4 Å². The Hall–Kier alpha value is -2.42. The van der Waals surface area contributed by atoms with Crippen molar-refractivity contribution in [3.8, 4) is 0 Å². The number of aromatic nitrogens is 4. The molecule has 0 aliphatic heterocycles. The summed E-state index contributed by atoms with van der Waals surface area (Å²) in [7, 11) is 0. The van der Waals surface area contributed by atoms with Gasteiger partial charge in [0, 0.05) is 5.75 Å². The fourth-order valence-corrected chi connectivity index (χ4v) is 2.15. The van der Waals surface area contributed by atoms with Gasteiger partial charge in [0.1, 0.15) is 6.54 Å². The van der Waals surface area contributed by atoms with E-state index in [0.717, 1.165) is 10.4 Å². The van der Waals surface area contributed by atoms with Crippen molar-refractivity contribution in [1.29, 1.82) is 0 Å². The molecule has 0 radical (unpaired) electrons. The number of hydrogen-bond acceptors (Lipinski definition) is 6. The third-order valence-electron chi connectivity index (χ3n) is 2.90. The number of nitrogens with zero attached hydrogens (tertiary/aromatic N) is 4. The maximum absolute atomic E-state index is 12.2. The van der Waals surface area contributed by atoms with Crippen LogP contribution in [0.25, 0.3) is 0 Å². The standard InChI is InChI=1S/C13H16N6O2S/c14-11(20)7-19-17-13(16-18-19)15-12(21)10(8-22)6-9-4-2-1-3-5-9/h1-5,10,22H,6-8H2,(H2,14,20)(H,15,17,21). The molecule has 1 aromatic carbocycles. The number of anilines is 1. The highest BCUT2D eigenvalue weighted by Gasteiger charge is 2.19. The van der Waals surface area contributed by atoms with Crippen LogP contribution in [-0.4, -0.2) is 37.8 Å². The number of benzene rings is 1. The molecule has 0 aliphatic carbocycles. The first-order valence-electron chi connectivity index (χ1n) is 6.60. The van der Waals surface area contributed by atoms with Crippen LogP contribution in [0.2, 0.25) is 0 Å². The highest BCUT2D eigenvalue weighted by Crippen LogP contribution is 2.12. The number of tetrazole rings is 1. The van der Waals surface area contributed by atoms with Crippen molar-refractivity contribution in [1.82, 2.24) is 20.2 Å². The molecule has 2 rings (SSSR count). The summed E-state index contributed by atoms with van der Waals surface area (Å²) in [6.07, 6.45) is 0.561. The lowest BCUT2D eigenvalue weighted by molar-refractivity contribution is -0.119. The van der Waals surface area contributed by atoms with Gasteiger partial charge in [-0.05, 0) is 17.2 Å². The lowest BCUT2D eigenvalue weighted by atomic mass is 10.0. The van der Waals surface area contributed by atoms with Crippen LogP contribution in [0.1, 0.15) is 5.56 Å². The van der Waals surface area contributed by atoms with Crippen LogP contribution in [-0.2, 0) is 22.6 Å². The first kappa shape index (κ1) is 16.0. The molecule has 116 valence electrons. The monoisotopic (exact) mass is 320 g/mol. The molecule has 22 heavy (non-hydrogen) atoms. The van der Waals surface area contributed by atoms with Gasteiger partial charge in [0.25, 0.3) is 5.95 Å². The first-order chi connectivity index (χ1) is 10.6. The third kappa shape index (κ3) is 4.55. The summed E-state index contributed by atoms with van der Waals surface area (Å²) in [6.45, 7) is -0.192. The fourth-order valence-electron chi connectivity index (χ4n) is 1.85. The number of nitrogens with two attached hydrogens (primary N) is 1. The molecule has 9 heteroatoms. The third-order valence-corrected chi connectivity index (χ3v) is 3.34. The van der Waals surface area contributed by atoms with Crippen molar-refractivity contribution < 1.29 is 9.59 Å². The molecule has 0 spiro atoms. The predicted molar refractivity (Wildman–Crippen MR) is 83.1 cm³/mol. The van der Waals surface area contributed by atoms with Crippen molar-refractivity contribution >= 4 is 30.4 Å². The summed E-state index contributed by atoms with van der Waals surface area (Å²) in [5.74, 6) is -0.749. The van der Waals surface area contributed by atoms with Gasteiger partial charge in [-0.1, -0.05) is 35.4 Å². The van der Waals surface area contributed by atoms with Gasteiger partial charge in [0.05, 0.1) is 5.92 Å². The van der Waals surface area contributed by atoms with Crippen LogP contribution in [0.3, 0.4) is 0 Å². The quantitative estimate of drug-likeness (QED) is 0.615. The molecule has 0 fully saturated rings. The van der Waals surface area contributed by atoms with Gasteiger partial charge in [-0.25, -0.2) is 0 Å². The van der Waals surface area contributed by atoms with E-state index in [9.17, 15) is 9.59 Å². The maximum atomic E-state index is 12.2. The summed E-state index contributed by atoms with van der Waals surface area (Å²) < 4.78 is 0. The van der Waals surface area contributed by atoms with Gasteiger partial charge in [0.2, 0.25) is 11.8 Å². The van der Waals surface area contributed by atoms with E-state index in [4.69, 9.17) is 5.73 Å². The lowest BCUT2D eigenvalue weighted by Gasteiger charge is -2.12. The summed E-state index contributed by atoms with van der Waals surface area (Å²) in [5.41, 5.74) is 6.07. The van der Waals surface area contributed by atoms with Gasteiger partial charge in [0.15, 0.2) is 0 Å². The number of rotatable bonds is 7. The number of nitrogens with one attached hydrogen (secondary N) is 1. The predicted octanol–water partition coefficient (Wildman–Crippen LogP) is -0.114. The molecule has 1 heterocycles. The van der Waals surface area contributed by atoms with Crippen LogP contribution < -0.4 is 11.1 Å². The van der Waals surface area contributed by atoms with Crippen LogP contribution >= 0.6 is 12.6 Å². The zero-order chi connectivity index (χ0) is 15.9. The van der Waals surface area contributed by atoms with E-state index >= 15 is 0 Å². The van der Waals surface area contributed by atoms with E-state index < -0.39 is 5.91 Å². The second-order valence-electron chi connectivity index (χ2n) is 4.67. The summed E-state index contributed by atoms with van der Waals surface area (Å²) >= 11 is 4.22. The van der Waals surface area contributed by atoms with E-state index in [1.165, 1.54) is 0 Å². The molecule has 0 saturated heterocycles. The van der Waals surface area contributed by atoms with Crippen molar-refractivity contribution in [2.45, 2.75) is 13.0 Å². The summed E-state index contributed by atoms with van der Waals surface area (Å²) in [4.78, 5) is 24.0. The minimum atomic E-state index is -0.590. The number of carbonyl (C=O) groups excluding carboxylic acids is 2. The Balaban J connectivity index is 1.97. The van der Waals surface area contributed by atoms with Crippen molar-refractivity contribution in [2.24, 2.45) is 11.7 Å². The Morgan fingerprint density at radius 1 is 1.32 bits per heavy atom. The minimum Gasteiger partial charge on any atom is -0.368 e. The van der Waals surface area contributed by atoms with E-state index in [-0.39, 0.29) is 24.3 Å². The number of hydrogen-bond donors (Lipinski definition) is 3. The Morgan fingerprint density at radius 2 is 2.05 bits per heavy atom. The van der Waals surface area contributed by atoms with Crippen LogP contribution in [0.5, 0.6) is 0 Å². The Bertz CT molecular complexity index is 645. The second kappa shape index (κ2) is 7.55. The van der Waals surface area contributed by atoms with Gasteiger partial charge in [-0.3, -0.25) is 14.9 Å². The topological polar surface area (TPSA) is 116 Å². The molecule has 0 aliphatic rings. The zero-order valence-electron chi connectivity index (χ0n) is 11.7. The van der Waals surface area contributed by atoms with E-state index in [0.29, 0.717) is 12.2 Å². The largest absolute Gasteiger partial charge is 0.368 e. The van der Waals surface area contributed by atoms with Gasteiger partial charge >= 0.3 is 0 Å². The molecule has 1 aromatic heterocycles. The Labute approximate surface area is 132 Å². The SMILES string of the molecule is NC(=O)Cn1nnc(NC(=O)C(CS)Cc2ccccc2)n1. The smallest absolute Gasteiger partial charge is 0.270 e. The average molecular weight is 320 g/mol. The van der Waals surface area contributed by atoms with Gasteiger partial charge in [-0.2, -0.15) is 17.4 Å². The van der Waals surface area contributed by atoms with Gasteiger partial charge in [-0.15, -0.1) is 5.10 Å². The summed E-state index contributed by atoms with van der Waals surface area (Å²) in [6, 6.07) is 9.65. The number of amides is 2. The number of carbonyl (C=O) groups is 2.